The van der Waals surface area contributed by atoms with E-state index in [1.165, 1.54) is 17.5 Å². The molecule has 0 aliphatic carbocycles. The van der Waals surface area contributed by atoms with Crippen LogP contribution in [0.2, 0.25) is 0 Å². The van der Waals surface area contributed by atoms with Crippen LogP contribution >= 0.6 is 0 Å². The van der Waals surface area contributed by atoms with Crippen molar-refractivity contribution < 1.29 is 9.84 Å². The van der Waals surface area contributed by atoms with Crippen LogP contribution in [0.3, 0.4) is 0 Å². The van der Waals surface area contributed by atoms with Gasteiger partial charge in [-0.2, -0.15) is 5.10 Å². The first-order chi connectivity index (χ1) is 12.5. The lowest BCUT2D eigenvalue weighted by Crippen LogP contribution is -2.52. The van der Waals surface area contributed by atoms with Gasteiger partial charge in [-0.25, -0.2) is 9.67 Å². The summed E-state index contributed by atoms with van der Waals surface area (Å²) >= 11 is 0. The number of ether oxygens (including phenoxy) is 1. The molecule has 0 saturated carbocycles. The van der Waals surface area contributed by atoms with Crippen molar-refractivity contribution in [1.29, 1.82) is 0 Å². The fourth-order valence-electron chi connectivity index (χ4n) is 4.52. The highest BCUT2D eigenvalue weighted by atomic mass is 16.5. The molecule has 0 unspecified atom stereocenters. The Morgan fingerprint density at radius 1 is 1.38 bits per heavy atom. The van der Waals surface area contributed by atoms with E-state index < -0.39 is 5.60 Å². The third kappa shape index (κ3) is 3.41. The average molecular weight is 356 g/mol. The molecule has 3 atom stereocenters. The second-order valence-corrected chi connectivity index (χ2v) is 7.93. The smallest absolute Gasteiger partial charge is 0.138 e. The third-order valence-electron chi connectivity index (χ3n) is 6.04. The third-order valence-corrected chi connectivity index (χ3v) is 6.04. The summed E-state index contributed by atoms with van der Waals surface area (Å²) in [4.78, 5) is 6.55. The van der Waals surface area contributed by atoms with Crippen molar-refractivity contribution in [3.05, 3.63) is 42.0 Å². The summed E-state index contributed by atoms with van der Waals surface area (Å²) in [6.45, 7) is 7.42. The van der Waals surface area contributed by atoms with Crippen LogP contribution in [0.4, 0.5) is 0 Å². The highest BCUT2D eigenvalue weighted by Crippen LogP contribution is 2.36. The monoisotopic (exact) mass is 356 g/mol. The highest BCUT2D eigenvalue weighted by molar-refractivity contribution is 5.41. The molecule has 2 aliphatic rings. The quantitative estimate of drug-likeness (QED) is 0.911. The zero-order chi connectivity index (χ0) is 18.1. The maximum Gasteiger partial charge on any atom is 0.138 e. The number of aromatic nitrogens is 3. The molecule has 0 spiro atoms. The molecule has 3 heterocycles. The molecule has 0 bridgehead atoms. The molecule has 2 aliphatic heterocycles. The lowest BCUT2D eigenvalue weighted by atomic mass is 9.79. The standard InChI is InChI=1S/C20H28N4O2/c1-15-10-16(5-6-18(15)24-14-21-13-22-24)11-23-8-3-4-19(23)17-12-26-9-7-20(17,2)25/h5-6,10,13-14,17,19,25H,3-4,7-9,11-12H2,1-2H3/t17-,19+,20-/m0/s1. The zero-order valence-corrected chi connectivity index (χ0v) is 15.6. The van der Waals surface area contributed by atoms with Crippen LogP contribution in [0.1, 0.15) is 37.3 Å². The predicted molar refractivity (Wildman–Crippen MR) is 99.1 cm³/mol. The number of aliphatic hydroxyl groups is 1. The zero-order valence-electron chi connectivity index (χ0n) is 15.6. The van der Waals surface area contributed by atoms with Crippen molar-refractivity contribution in [2.45, 2.75) is 51.3 Å². The van der Waals surface area contributed by atoms with Crippen LogP contribution in [0.15, 0.2) is 30.9 Å². The summed E-state index contributed by atoms with van der Waals surface area (Å²) < 4.78 is 7.50. The molecule has 0 radical (unpaired) electrons. The predicted octanol–water partition coefficient (Wildman–Crippen LogP) is 2.33. The molecule has 26 heavy (non-hydrogen) atoms. The van der Waals surface area contributed by atoms with Crippen molar-refractivity contribution in [2.75, 3.05) is 19.8 Å². The van der Waals surface area contributed by atoms with Gasteiger partial charge in [0.15, 0.2) is 0 Å². The molecule has 2 aromatic rings. The van der Waals surface area contributed by atoms with Crippen molar-refractivity contribution >= 4 is 0 Å². The second-order valence-electron chi connectivity index (χ2n) is 7.93. The summed E-state index contributed by atoms with van der Waals surface area (Å²) in [6, 6.07) is 6.92. The van der Waals surface area contributed by atoms with Gasteiger partial charge in [0.2, 0.25) is 0 Å². The number of nitrogens with zero attached hydrogens (tertiary/aromatic N) is 4. The average Bonchev–Trinajstić information content (AvgIpc) is 3.27. The first-order valence-electron chi connectivity index (χ1n) is 9.53. The Bertz CT molecular complexity index is 744. The number of aryl methyl sites for hydroxylation is 1. The van der Waals surface area contributed by atoms with E-state index in [9.17, 15) is 5.11 Å². The van der Waals surface area contributed by atoms with Gasteiger partial charge in [-0.05, 0) is 56.8 Å². The first kappa shape index (κ1) is 17.6. The molecule has 140 valence electrons. The fourth-order valence-corrected chi connectivity index (χ4v) is 4.52. The minimum atomic E-state index is -0.627. The Hall–Kier alpha value is -1.76. The van der Waals surface area contributed by atoms with Crippen LogP contribution in [-0.4, -0.2) is 56.2 Å². The van der Waals surface area contributed by atoms with E-state index >= 15 is 0 Å². The van der Waals surface area contributed by atoms with Gasteiger partial charge < -0.3 is 9.84 Å². The fraction of sp³-hybridized carbons (Fsp3) is 0.600. The maximum absolute atomic E-state index is 10.8. The van der Waals surface area contributed by atoms with Crippen molar-refractivity contribution in [3.63, 3.8) is 0 Å². The normalized spacial score (nSPS) is 30.0. The summed E-state index contributed by atoms with van der Waals surface area (Å²) in [6.07, 6.45) is 6.34. The van der Waals surface area contributed by atoms with E-state index in [4.69, 9.17) is 4.74 Å². The van der Waals surface area contributed by atoms with Gasteiger partial charge in [-0.15, -0.1) is 0 Å². The van der Waals surface area contributed by atoms with Crippen LogP contribution in [-0.2, 0) is 11.3 Å². The molecular formula is C20H28N4O2. The number of hydrogen-bond acceptors (Lipinski definition) is 5. The van der Waals surface area contributed by atoms with Crippen LogP contribution in [0.5, 0.6) is 0 Å². The van der Waals surface area contributed by atoms with Crippen molar-refractivity contribution in [3.8, 4) is 5.69 Å². The van der Waals surface area contributed by atoms with Gasteiger partial charge in [-0.3, -0.25) is 4.90 Å². The molecule has 2 fully saturated rings. The van der Waals surface area contributed by atoms with Crippen molar-refractivity contribution in [1.82, 2.24) is 19.7 Å². The summed E-state index contributed by atoms with van der Waals surface area (Å²) in [5.41, 5.74) is 2.93. The minimum absolute atomic E-state index is 0.189. The summed E-state index contributed by atoms with van der Waals surface area (Å²) in [5.74, 6) is 0.189. The lowest BCUT2D eigenvalue weighted by molar-refractivity contribution is -0.123. The molecule has 1 N–H and O–H groups in total. The SMILES string of the molecule is Cc1cc(CN2CCC[C@@H]2[C@@H]2COCC[C@]2(C)O)ccc1-n1cncn1. The van der Waals surface area contributed by atoms with E-state index in [0.717, 1.165) is 31.6 Å². The van der Waals surface area contributed by atoms with Gasteiger partial charge in [0, 0.05) is 25.1 Å². The summed E-state index contributed by atoms with van der Waals surface area (Å²) in [5, 5.41) is 15.1. The van der Waals surface area contributed by atoms with Crippen LogP contribution in [0.25, 0.3) is 5.69 Å². The number of hydrogen-bond donors (Lipinski definition) is 1. The summed E-state index contributed by atoms with van der Waals surface area (Å²) in [7, 11) is 0. The number of benzene rings is 1. The minimum Gasteiger partial charge on any atom is -0.390 e. The van der Waals surface area contributed by atoms with Gasteiger partial charge in [0.25, 0.3) is 0 Å². The Morgan fingerprint density at radius 2 is 2.27 bits per heavy atom. The van der Waals surface area contributed by atoms with Crippen LogP contribution < -0.4 is 0 Å². The van der Waals surface area contributed by atoms with E-state index in [2.05, 4.69) is 40.1 Å². The molecule has 2 saturated heterocycles. The van der Waals surface area contributed by atoms with E-state index in [0.29, 0.717) is 19.3 Å². The number of rotatable bonds is 4. The topological polar surface area (TPSA) is 63.4 Å². The Kier molecular flexibility index (Phi) is 4.82. The van der Waals surface area contributed by atoms with Crippen molar-refractivity contribution in [2.24, 2.45) is 5.92 Å². The Balaban J connectivity index is 1.50. The molecule has 0 amide bonds. The second kappa shape index (κ2) is 7.10. The molecule has 6 heteroatoms. The van der Waals surface area contributed by atoms with Crippen LogP contribution in [0, 0.1) is 12.8 Å². The van der Waals surface area contributed by atoms with Gasteiger partial charge >= 0.3 is 0 Å². The Labute approximate surface area is 154 Å². The van der Waals surface area contributed by atoms with Gasteiger partial charge in [-0.1, -0.05) is 12.1 Å². The van der Waals surface area contributed by atoms with E-state index in [1.54, 1.807) is 17.3 Å². The highest BCUT2D eigenvalue weighted by Gasteiger charge is 2.43. The van der Waals surface area contributed by atoms with E-state index in [-0.39, 0.29) is 5.92 Å². The Morgan fingerprint density at radius 3 is 3.00 bits per heavy atom. The largest absolute Gasteiger partial charge is 0.390 e. The van der Waals surface area contributed by atoms with Gasteiger partial charge in [0.05, 0.1) is 17.9 Å². The molecule has 1 aromatic heterocycles. The number of likely N-dealkylation sites (tertiary alicyclic amines) is 1. The van der Waals surface area contributed by atoms with Gasteiger partial charge in [0.1, 0.15) is 12.7 Å². The lowest BCUT2D eigenvalue weighted by Gasteiger charge is -2.43. The first-order valence-corrected chi connectivity index (χ1v) is 9.53. The maximum atomic E-state index is 10.8. The molecule has 6 nitrogen and oxygen atoms in total. The molecule has 4 rings (SSSR count). The molecular weight excluding hydrogens is 328 g/mol. The van der Waals surface area contributed by atoms with E-state index in [1.807, 2.05) is 6.92 Å². The molecule has 1 aromatic carbocycles.